The minimum atomic E-state index is -3.79. The SMILES string of the molecule is O=C(Nc1cccc(-c2nc3ccccc3o2)c1)C1CCCN1S(=O)(=O)c1ccc(Cl)s1. The summed E-state index contributed by atoms with van der Waals surface area (Å²) in [6.07, 6.45) is 1.06. The predicted molar refractivity (Wildman–Crippen MR) is 124 cm³/mol. The van der Waals surface area contributed by atoms with Crippen molar-refractivity contribution >= 4 is 55.7 Å². The van der Waals surface area contributed by atoms with Crippen LogP contribution in [0.5, 0.6) is 0 Å². The molecule has 1 amide bonds. The third-order valence-electron chi connectivity index (χ3n) is 5.29. The number of anilines is 1. The van der Waals surface area contributed by atoms with Crippen molar-refractivity contribution in [2.24, 2.45) is 0 Å². The largest absolute Gasteiger partial charge is 0.436 e. The number of amides is 1. The van der Waals surface area contributed by atoms with Gasteiger partial charge in [-0.3, -0.25) is 4.79 Å². The number of nitrogens with zero attached hydrogens (tertiary/aromatic N) is 2. The molecular formula is C22H18ClN3O4S2. The second-order valence-corrected chi connectivity index (χ2v) is 11.2. The molecule has 2 aromatic carbocycles. The van der Waals surface area contributed by atoms with E-state index in [1.54, 1.807) is 24.3 Å². The lowest BCUT2D eigenvalue weighted by Gasteiger charge is -2.22. The number of hydrogen-bond donors (Lipinski definition) is 1. The molecule has 164 valence electrons. The Kier molecular flexibility index (Phi) is 5.50. The number of nitrogens with one attached hydrogen (secondary N) is 1. The molecule has 10 heteroatoms. The highest BCUT2D eigenvalue weighted by Crippen LogP contribution is 2.33. The van der Waals surface area contributed by atoms with Crippen LogP contribution in [0.4, 0.5) is 5.69 Å². The second-order valence-electron chi connectivity index (χ2n) is 7.39. The van der Waals surface area contributed by atoms with Crippen molar-refractivity contribution < 1.29 is 17.6 Å². The number of carbonyl (C=O) groups is 1. The van der Waals surface area contributed by atoms with Crippen LogP contribution < -0.4 is 5.32 Å². The highest BCUT2D eigenvalue weighted by molar-refractivity contribution is 7.91. The number of halogens is 1. The maximum Gasteiger partial charge on any atom is 0.253 e. The first-order chi connectivity index (χ1) is 15.4. The Morgan fingerprint density at radius 2 is 2.00 bits per heavy atom. The summed E-state index contributed by atoms with van der Waals surface area (Å²) in [4.78, 5) is 17.5. The molecule has 32 heavy (non-hydrogen) atoms. The normalized spacial score (nSPS) is 17.1. The Labute approximate surface area is 193 Å². The zero-order valence-corrected chi connectivity index (χ0v) is 19.1. The third-order valence-corrected chi connectivity index (χ3v) is 8.90. The van der Waals surface area contributed by atoms with Gasteiger partial charge in [0, 0.05) is 17.8 Å². The summed E-state index contributed by atoms with van der Waals surface area (Å²) in [7, 11) is -3.79. The van der Waals surface area contributed by atoms with Crippen molar-refractivity contribution in [1.29, 1.82) is 0 Å². The molecule has 1 atom stereocenters. The van der Waals surface area contributed by atoms with Gasteiger partial charge in [-0.05, 0) is 55.3 Å². The molecule has 5 rings (SSSR count). The first kappa shape index (κ1) is 21.1. The molecule has 2 aromatic heterocycles. The van der Waals surface area contributed by atoms with E-state index in [0.717, 1.165) is 16.9 Å². The highest BCUT2D eigenvalue weighted by atomic mass is 35.5. The van der Waals surface area contributed by atoms with Gasteiger partial charge in [-0.15, -0.1) is 11.3 Å². The zero-order chi connectivity index (χ0) is 22.3. The number of oxazole rings is 1. The molecule has 1 aliphatic rings. The fourth-order valence-electron chi connectivity index (χ4n) is 3.79. The van der Waals surface area contributed by atoms with Gasteiger partial charge in [0.1, 0.15) is 15.8 Å². The van der Waals surface area contributed by atoms with Crippen LogP contribution in [0.1, 0.15) is 12.8 Å². The summed E-state index contributed by atoms with van der Waals surface area (Å²) < 4.78 is 33.6. The van der Waals surface area contributed by atoms with Crippen LogP contribution in [-0.2, 0) is 14.8 Å². The number of hydrogen-bond acceptors (Lipinski definition) is 6. The molecule has 1 N–H and O–H groups in total. The molecule has 0 bridgehead atoms. The van der Waals surface area contributed by atoms with Gasteiger partial charge in [0.25, 0.3) is 10.0 Å². The van der Waals surface area contributed by atoms with Crippen LogP contribution in [0.15, 0.2) is 69.3 Å². The minimum Gasteiger partial charge on any atom is -0.436 e. The number of rotatable bonds is 5. The van der Waals surface area contributed by atoms with Crippen molar-refractivity contribution in [2.75, 3.05) is 11.9 Å². The minimum absolute atomic E-state index is 0.139. The van der Waals surface area contributed by atoms with E-state index >= 15 is 0 Å². The number of benzene rings is 2. The molecule has 1 aliphatic heterocycles. The monoisotopic (exact) mass is 487 g/mol. The molecule has 3 heterocycles. The number of aromatic nitrogens is 1. The number of carbonyl (C=O) groups excluding carboxylic acids is 1. The quantitative estimate of drug-likeness (QED) is 0.427. The molecule has 4 aromatic rings. The van der Waals surface area contributed by atoms with Gasteiger partial charge in [-0.1, -0.05) is 29.8 Å². The highest BCUT2D eigenvalue weighted by Gasteiger charge is 2.40. The van der Waals surface area contributed by atoms with Crippen molar-refractivity contribution in [3.05, 3.63) is 65.0 Å². The molecule has 1 fully saturated rings. The Balaban J connectivity index is 1.37. The summed E-state index contributed by atoms with van der Waals surface area (Å²) in [6, 6.07) is 16.8. The van der Waals surface area contributed by atoms with Crippen LogP contribution >= 0.6 is 22.9 Å². The molecule has 0 aliphatic carbocycles. The Morgan fingerprint density at radius 3 is 2.78 bits per heavy atom. The topological polar surface area (TPSA) is 92.5 Å². The molecule has 0 saturated carbocycles. The fourth-order valence-corrected chi connectivity index (χ4v) is 7.06. The van der Waals surface area contributed by atoms with Gasteiger partial charge in [-0.25, -0.2) is 13.4 Å². The summed E-state index contributed by atoms with van der Waals surface area (Å²) in [5.41, 5.74) is 2.68. The Morgan fingerprint density at radius 1 is 1.16 bits per heavy atom. The number of para-hydroxylation sites is 2. The summed E-state index contributed by atoms with van der Waals surface area (Å²) in [6.45, 7) is 0.291. The summed E-state index contributed by atoms with van der Waals surface area (Å²) in [5.74, 6) is 0.0744. The van der Waals surface area contributed by atoms with Crippen molar-refractivity contribution in [2.45, 2.75) is 23.1 Å². The van der Waals surface area contributed by atoms with E-state index in [1.807, 2.05) is 30.3 Å². The molecule has 7 nitrogen and oxygen atoms in total. The maximum absolute atomic E-state index is 13.0. The Hall–Kier alpha value is -2.72. The average Bonchev–Trinajstić information content (AvgIpc) is 3.53. The second kappa shape index (κ2) is 8.32. The van der Waals surface area contributed by atoms with Crippen LogP contribution in [0.3, 0.4) is 0 Å². The van der Waals surface area contributed by atoms with Crippen molar-refractivity contribution in [3.63, 3.8) is 0 Å². The van der Waals surface area contributed by atoms with E-state index in [1.165, 1.54) is 10.4 Å². The predicted octanol–water partition coefficient (Wildman–Crippen LogP) is 5.00. The van der Waals surface area contributed by atoms with E-state index < -0.39 is 16.1 Å². The van der Waals surface area contributed by atoms with E-state index in [4.69, 9.17) is 16.0 Å². The number of thiophene rings is 1. The van der Waals surface area contributed by atoms with Gasteiger partial charge in [0.2, 0.25) is 11.8 Å². The van der Waals surface area contributed by atoms with Crippen LogP contribution in [-0.4, -0.2) is 36.2 Å². The van der Waals surface area contributed by atoms with Gasteiger partial charge in [-0.2, -0.15) is 4.31 Å². The van der Waals surface area contributed by atoms with Gasteiger partial charge < -0.3 is 9.73 Å². The van der Waals surface area contributed by atoms with Crippen LogP contribution in [0.2, 0.25) is 4.34 Å². The Bertz CT molecular complexity index is 1380. The third kappa shape index (κ3) is 3.93. The van der Waals surface area contributed by atoms with E-state index in [0.29, 0.717) is 46.4 Å². The molecule has 0 radical (unpaired) electrons. The molecule has 1 saturated heterocycles. The van der Waals surface area contributed by atoms with Crippen molar-refractivity contribution in [1.82, 2.24) is 9.29 Å². The number of fused-ring (bicyclic) bond motifs is 1. The summed E-state index contributed by atoms with van der Waals surface area (Å²) >= 11 is 6.90. The summed E-state index contributed by atoms with van der Waals surface area (Å²) in [5, 5.41) is 2.85. The van der Waals surface area contributed by atoms with E-state index in [9.17, 15) is 13.2 Å². The van der Waals surface area contributed by atoms with E-state index in [2.05, 4.69) is 10.3 Å². The standard InChI is InChI=1S/C22H18ClN3O4S2/c23-19-10-11-20(31-19)32(28,29)26-12-4-8-17(26)21(27)24-15-6-3-5-14(13-15)22-25-16-7-1-2-9-18(16)30-22/h1-3,5-7,9-11,13,17H,4,8,12H2,(H,24,27). The number of sulfonamides is 1. The first-order valence-electron chi connectivity index (χ1n) is 9.96. The van der Waals surface area contributed by atoms with Crippen molar-refractivity contribution in [3.8, 4) is 11.5 Å². The molecule has 1 unspecified atom stereocenters. The van der Waals surface area contributed by atoms with Crippen LogP contribution in [0.25, 0.3) is 22.6 Å². The average molecular weight is 488 g/mol. The first-order valence-corrected chi connectivity index (χ1v) is 12.6. The lowest BCUT2D eigenvalue weighted by molar-refractivity contribution is -0.119. The lowest BCUT2D eigenvalue weighted by atomic mass is 10.1. The van der Waals surface area contributed by atoms with Gasteiger partial charge in [0.05, 0.1) is 4.34 Å². The van der Waals surface area contributed by atoms with Crippen LogP contribution in [0, 0.1) is 0 Å². The fraction of sp³-hybridized carbons (Fsp3) is 0.182. The van der Waals surface area contributed by atoms with Gasteiger partial charge in [0.15, 0.2) is 5.58 Å². The molecular weight excluding hydrogens is 470 g/mol. The molecule has 0 spiro atoms. The maximum atomic E-state index is 13.0. The zero-order valence-electron chi connectivity index (χ0n) is 16.7. The lowest BCUT2D eigenvalue weighted by Crippen LogP contribution is -2.42. The van der Waals surface area contributed by atoms with Gasteiger partial charge >= 0.3 is 0 Å². The van der Waals surface area contributed by atoms with E-state index in [-0.39, 0.29) is 10.1 Å². The smallest absolute Gasteiger partial charge is 0.253 e.